The molecule has 0 saturated heterocycles. The van der Waals surface area contributed by atoms with Gasteiger partial charge in [-0.05, 0) is 66.3 Å². The topological polar surface area (TPSA) is 34.1 Å². The van der Waals surface area contributed by atoms with Crippen molar-refractivity contribution in [2.24, 2.45) is 34.5 Å². The fourth-order valence-electron chi connectivity index (χ4n) is 6.69. The molecule has 4 aliphatic carbocycles. The van der Waals surface area contributed by atoms with Crippen molar-refractivity contribution in [1.82, 2.24) is 0 Å². The first-order valence-corrected chi connectivity index (χ1v) is 10.1. The molecule has 6 unspecified atom stereocenters. The molecule has 6 atom stereocenters. The van der Waals surface area contributed by atoms with Gasteiger partial charge in [0, 0.05) is 19.3 Å². The Hall–Kier alpha value is -0.920. The normalized spacial score (nSPS) is 47.0. The van der Waals surface area contributed by atoms with E-state index >= 15 is 0 Å². The van der Waals surface area contributed by atoms with Gasteiger partial charge in [0.2, 0.25) is 0 Å². The Labute approximate surface area is 147 Å². The zero-order chi connectivity index (χ0) is 17.7. The van der Waals surface area contributed by atoms with Gasteiger partial charge in [-0.25, -0.2) is 0 Å². The molecule has 0 aliphatic heterocycles. The predicted molar refractivity (Wildman–Crippen MR) is 97.6 cm³/mol. The quantitative estimate of drug-likeness (QED) is 0.599. The van der Waals surface area contributed by atoms with Crippen molar-refractivity contribution >= 4 is 11.6 Å². The lowest BCUT2D eigenvalue weighted by Gasteiger charge is -2.59. The molecule has 0 amide bonds. The van der Waals surface area contributed by atoms with Crippen molar-refractivity contribution in [3.05, 3.63) is 11.6 Å². The lowest BCUT2D eigenvalue weighted by molar-refractivity contribution is -0.118. The molecule has 0 aromatic heterocycles. The summed E-state index contributed by atoms with van der Waals surface area (Å²) in [6.07, 6.45) is 8.88. The number of carbonyl (C=O) groups excluding carboxylic acids is 2. The molecule has 0 aromatic rings. The van der Waals surface area contributed by atoms with E-state index in [2.05, 4.69) is 20.8 Å². The minimum Gasteiger partial charge on any atom is -0.300 e. The second kappa shape index (κ2) is 6.11. The van der Waals surface area contributed by atoms with Crippen LogP contribution in [-0.4, -0.2) is 11.6 Å². The molecule has 24 heavy (non-hydrogen) atoms. The highest BCUT2D eigenvalue weighted by Crippen LogP contribution is 2.65. The number of hydrogen-bond donors (Lipinski definition) is 0. The molecule has 4 aliphatic rings. The highest BCUT2D eigenvalue weighted by atomic mass is 16.1. The Morgan fingerprint density at radius 3 is 2.46 bits per heavy atom. The lowest BCUT2D eigenvalue weighted by atomic mass is 9.45. The van der Waals surface area contributed by atoms with Crippen molar-refractivity contribution in [2.45, 2.75) is 79.6 Å². The number of fused-ring (bicyclic) bond motifs is 5. The van der Waals surface area contributed by atoms with Crippen molar-refractivity contribution in [3.8, 4) is 0 Å². The van der Waals surface area contributed by atoms with Crippen LogP contribution in [0, 0.1) is 34.5 Å². The third-order valence-corrected chi connectivity index (χ3v) is 7.88. The smallest absolute Gasteiger partial charge is 0.155 e. The molecule has 0 bridgehead atoms. The maximum absolute atomic E-state index is 12.1. The van der Waals surface area contributed by atoms with Crippen LogP contribution in [0.1, 0.15) is 79.6 Å². The molecule has 0 heterocycles. The van der Waals surface area contributed by atoms with E-state index in [1.807, 2.05) is 19.9 Å². The summed E-state index contributed by atoms with van der Waals surface area (Å²) >= 11 is 0. The van der Waals surface area contributed by atoms with E-state index in [1.165, 1.54) is 18.4 Å². The minimum atomic E-state index is 0.220. The summed E-state index contributed by atoms with van der Waals surface area (Å²) in [6.45, 7) is 11.1. The Kier molecular flexibility index (Phi) is 4.55. The summed E-state index contributed by atoms with van der Waals surface area (Å²) < 4.78 is 0. The van der Waals surface area contributed by atoms with Crippen molar-refractivity contribution in [2.75, 3.05) is 0 Å². The van der Waals surface area contributed by atoms with Gasteiger partial charge in [-0.15, -0.1) is 0 Å². The fourth-order valence-corrected chi connectivity index (χ4v) is 6.69. The minimum absolute atomic E-state index is 0.220. The first kappa shape index (κ1) is 17.9. The summed E-state index contributed by atoms with van der Waals surface area (Å²) in [5, 5.41) is 0. The van der Waals surface area contributed by atoms with Crippen molar-refractivity contribution in [1.29, 1.82) is 0 Å². The van der Waals surface area contributed by atoms with Crippen LogP contribution < -0.4 is 0 Å². The summed E-state index contributed by atoms with van der Waals surface area (Å²) in [4.78, 5) is 24.0. The average molecular weight is 331 g/mol. The Morgan fingerprint density at radius 1 is 1.04 bits per heavy atom. The first-order valence-electron chi connectivity index (χ1n) is 10.1. The monoisotopic (exact) mass is 330 g/mol. The van der Waals surface area contributed by atoms with Crippen molar-refractivity contribution < 1.29 is 9.59 Å². The van der Waals surface area contributed by atoms with Crippen molar-refractivity contribution in [3.63, 3.8) is 0 Å². The van der Waals surface area contributed by atoms with Crippen LogP contribution in [0.3, 0.4) is 0 Å². The van der Waals surface area contributed by atoms with Crippen LogP contribution >= 0.6 is 0 Å². The standard InChI is InChI=1S/C20H28O2.C2H6/c1-12-8-13-9-14(21)4-7-20(13,3)16-5-6-19(2)11-15(22)10-17(19)18(12)16;1-2/h9,12,16-18H,4-8,10-11H2,1-3H3;1-2H3. The molecule has 3 saturated carbocycles. The van der Waals surface area contributed by atoms with Crippen LogP contribution in [0.4, 0.5) is 0 Å². The van der Waals surface area contributed by atoms with Gasteiger partial charge in [-0.1, -0.05) is 40.2 Å². The molecular formula is C22H34O2. The number of ketones is 2. The average Bonchev–Trinajstić information content (AvgIpc) is 2.85. The van der Waals surface area contributed by atoms with Crippen LogP contribution in [0.5, 0.6) is 0 Å². The third kappa shape index (κ3) is 2.52. The van der Waals surface area contributed by atoms with E-state index < -0.39 is 0 Å². The van der Waals surface area contributed by atoms with Crippen LogP contribution in [0.2, 0.25) is 0 Å². The molecule has 2 heteroatoms. The molecule has 134 valence electrons. The molecule has 2 nitrogen and oxygen atoms in total. The number of hydrogen-bond acceptors (Lipinski definition) is 2. The summed E-state index contributed by atoms with van der Waals surface area (Å²) in [7, 11) is 0. The van der Waals surface area contributed by atoms with Gasteiger partial charge >= 0.3 is 0 Å². The molecule has 0 radical (unpaired) electrons. The molecule has 4 rings (SSSR count). The van der Waals surface area contributed by atoms with Gasteiger partial charge < -0.3 is 0 Å². The number of carbonyl (C=O) groups is 2. The maximum atomic E-state index is 12.1. The summed E-state index contributed by atoms with van der Waals surface area (Å²) in [5.41, 5.74) is 1.90. The van der Waals surface area contributed by atoms with Crippen LogP contribution in [0.25, 0.3) is 0 Å². The Balaban J connectivity index is 0.000000815. The zero-order valence-electron chi connectivity index (χ0n) is 16.2. The van der Waals surface area contributed by atoms with E-state index in [0.29, 0.717) is 35.2 Å². The maximum Gasteiger partial charge on any atom is 0.155 e. The van der Waals surface area contributed by atoms with Crippen LogP contribution in [0.15, 0.2) is 11.6 Å². The number of Topliss-reactive ketones (excluding diaryl/α,β-unsaturated/α-hetero) is 1. The third-order valence-electron chi connectivity index (χ3n) is 7.88. The second-order valence-electron chi connectivity index (χ2n) is 9.14. The van der Waals surface area contributed by atoms with Gasteiger partial charge in [0.1, 0.15) is 5.78 Å². The van der Waals surface area contributed by atoms with Crippen LogP contribution in [-0.2, 0) is 9.59 Å². The predicted octanol–water partition coefficient (Wildman–Crippen LogP) is 5.36. The fraction of sp³-hybridized carbons (Fsp3) is 0.818. The zero-order valence-corrected chi connectivity index (χ0v) is 16.2. The molecule has 0 N–H and O–H groups in total. The highest BCUT2D eigenvalue weighted by Gasteiger charge is 2.59. The Morgan fingerprint density at radius 2 is 1.75 bits per heavy atom. The van der Waals surface area contributed by atoms with E-state index in [1.54, 1.807) is 0 Å². The van der Waals surface area contributed by atoms with E-state index in [0.717, 1.165) is 32.1 Å². The number of allylic oxidation sites excluding steroid dienone is 1. The van der Waals surface area contributed by atoms with Gasteiger partial charge in [-0.2, -0.15) is 0 Å². The largest absolute Gasteiger partial charge is 0.300 e. The first-order chi connectivity index (χ1) is 11.3. The second-order valence-corrected chi connectivity index (χ2v) is 9.14. The van der Waals surface area contributed by atoms with E-state index in [-0.39, 0.29) is 10.8 Å². The SMILES string of the molecule is CC.CC1CC2=CC(=O)CCC2(C)C2CCC3(C)CC(=O)CC3C12. The molecule has 3 fully saturated rings. The van der Waals surface area contributed by atoms with E-state index in [4.69, 9.17) is 0 Å². The summed E-state index contributed by atoms with van der Waals surface area (Å²) in [6, 6.07) is 0. The lowest BCUT2D eigenvalue weighted by Crippen LogP contribution is -2.52. The molecular weight excluding hydrogens is 296 g/mol. The van der Waals surface area contributed by atoms with Gasteiger partial charge in [0.05, 0.1) is 0 Å². The van der Waals surface area contributed by atoms with E-state index in [9.17, 15) is 9.59 Å². The van der Waals surface area contributed by atoms with Gasteiger partial charge in [0.25, 0.3) is 0 Å². The van der Waals surface area contributed by atoms with Gasteiger partial charge in [-0.3, -0.25) is 9.59 Å². The molecule has 0 spiro atoms. The number of rotatable bonds is 0. The van der Waals surface area contributed by atoms with Gasteiger partial charge in [0.15, 0.2) is 5.78 Å². The highest BCUT2D eigenvalue weighted by molar-refractivity contribution is 5.91. The molecule has 0 aromatic carbocycles. The summed E-state index contributed by atoms with van der Waals surface area (Å²) in [5.74, 6) is 3.39. The Bertz CT molecular complexity index is 575.